The number of hydrogen-bond acceptors (Lipinski definition) is 6. The van der Waals surface area contributed by atoms with Crippen LogP contribution in [0, 0.1) is 12.8 Å². The molecule has 3 rings (SSSR count). The van der Waals surface area contributed by atoms with Gasteiger partial charge in [0.2, 0.25) is 0 Å². The Balaban J connectivity index is 1.65. The van der Waals surface area contributed by atoms with Crippen molar-refractivity contribution in [3.63, 3.8) is 0 Å². The third-order valence-corrected chi connectivity index (χ3v) is 5.17. The maximum atomic E-state index is 12.2. The molecule has 0 unspecified atom stereocenters. The smallest absolute Gasteiger partial charge is 0.309 e. The molecule has 0 N–H and O–H groups in total. The quantitative estimate of drug-likeness (QED) is 0.798. The Labute approximate surface area is 138 Å². The molecule has 1 fully saturated rings. The molecule has 1 aliphatic heterocycles. The molecule has 0 bridgehead atoms. The first-order valence-electron chi connectivity index (χ1n) is 7.94. The first kappa shape index (κ1) is 16.1. The largest absolute Gasteiger partial charge is 0.466 e. The van der Waals surface area contributed by atoms with Crippen LogP contribution in [0.15, 0.2) is 16.2 Å². The number of fused-ring (bicyclic) bond motifs is 1. The van der Waals surface area contributed by atoms with Crippen LogP contribution in [-0.2, 0) is 16.1 Å². The van der Waals surface area contributed by atoms with Gasteiger partial charge in [-0.2, -0.15) is 0 Å². The lowest BCUT2D eigenvalue weighted by Gasteiger charge is -2.30. The molecule has 7 heteroatoms. The summed E-state index contributed by atoms with van der Waals surface area (Å²) < 4.78 is 6.73. The van der Waals surface area contributed by atoms with Crippen LogP contribution in [0.25, 0.3) is 4.96 Å². The third-order valence-electron chi connectivity index (χ3n) is 4.22. The lowest BCUT2D eigenvalue weighted by molar-refractivity contribution is -0.149. The molecular formula is C16H21N3O3S. The SMILES string of the molecule is CCOC(=O)C1CCN(Cc2cc(=O)n3c(C)csc3n2)CC1. The van der Waals surface area contributed by atoms with Crippen molar-refractivity contribution in [2.24, 2.45) is 5.92 Å². The van der Waals surface area contributed by atoms with Crippen molar-refractivity contribution in [2.75, 3.05) is 19.7 Å². The van der Waals surface area contributed by atoms with Crippen molar-refractivity contribution in [3.05, 3.63) is 33.2 Å². The predicted octanol–water partition coefficient (Wildman–Crippen LogP) is 1.84. The molecule has 0 aromatic carbocycles. The van der Waals surface area contributed by atoms with E-state index in [1.807, 2.05) is 19.2 Å². The summed E-state index contributed by atoms with van der Waals surface area (Å²) in [5, 5.41) is 1.94. The first-order chi connectivity index (χ1) is 11.1. The molecule has 3 heterocycles. The van der Waals surface area contributed by atoms with Gasteiger partial charge in [-0.25, -0.2) is 4.98 Å². The van der Waals surface area contributed by atoms with Gasteiger partial charge in [0.05, 0.1) is 18.2 Å². The molecule has 0 saturated carbocycles. The topological polar surface area (TPSA) is 63.9 Å². The Bertz CT molecular complexity index is 760. The van der Waals surface area contributed by atoms with E-state index < -0.39 is 0 Å². The monoisotopic (exact) mass is 335 g/mol. The second kappa shape index (κ2) is 6.80. The number of nitrogens with zero attached hydrogens (tertiary/aromatic N) is 3. The molecule has 0 atom stereocenters. The fourth-order valence-corrected chi connectivity index (χ4v) is 3.89. The van der Waals surface area contributed by atoms with Crippen molar-refractivity contribution in [3.8, 4) is 0 Å². The summed E-state index contributed by atoms with van der Waals surface area (Å²) in [5.74, 6) is -0.0776. The van der Waals surface area contributed by atoms with Crippen LogP contribution in [0.3, 0.4) is 0 Å². The van der Waals surface area contributed by atoms with Crippen molar-refractivity contribution in [1.82, 2.24) is 14.3 Å². The number of ether oxygens (including phenoxy) is 1. The molecule has 1 saturated heterocycles. The summed E-state index contributed by atoms with van der Waals surface area (Å²) >= 11 is 1.49. The number of likely N-dealkylation sites (tertiary alicyclic amines) is 1. The molecule has 1 aliphatic rings. The lowest BCUT2D eigenvalue weighted by atomic mass is 9.97. The van der Waals surface area contributed by atoms with Crippen LogP contribution in [0.2, 0.25) is 0 Å². The van der Waals surface area contributed by atoms with Crippen molar-refractivity contribution in [2.45, 2.75) is 33.2 Å². The summed E-state index contributed by atoms with van der Waals surface area (Å²) in [6, 6.07) is 1.62. The number of thiazole rings is 1. The third kappa shape index (κ3) is 3.45. The summed E-state index contributed by atoms with van der Waals surface area (Å²) in [7, 11) is 0. The number of esters is 1. The standard InChI is InChI=1S/C16H21N3O3S/c1-3-22-15(21)12-4-6-18(7-5-12)9-13-8-14(20)19-11(2)10-23-16(19)17-13/h8,10,12H,3-7,9H2,1-2H3. The van der Waals surface area contributed by atoms with Gasteiger partial charge in [0.15, 0.2) is 4.96 Å². The van der Waals surface area contributed by atoms with Crippen LogP contribution >= 0.6 is 11.3 Å². The van der Waals surface area contributed by atoms with E-state index in [1.165, 1.54) is 11.3 Å². The van der Waals surface area contributed by atoms with Gasteiger partial charge in [0.1, 0.15) is 0 Å². The molecule has 124 valence electrons. The molecule has 23 heavy (non-hydrogen) atoms. The Hall–Kier alpha value is -1.73. The molecule has 2 aromatic heterocycles. The van der Waals surface area contributed by atoms with Crippen LogP contribution in [0.4, 0.5) is 0 Å². The highest BCUT2D eigenvalue weighted by Crippen LogP contribution is 2.20. The summed E-state index contributed by atoms with van der Waals surface area (Å²) in [4.78, 5) is 31.5. The van der Waals surface area contributed by atoms with E-state index in [2.05, 4.69) is 9.88 Å². The van der Waals surface area contributed by atoms with E-state index in [0.717, 1.165) is 42.3 Å². The second-order valence-corrected chi connectivity index (χ2v) is 6.72. The van der Waals surface area contributed by atoms with E-state index in [1.54, 1.807) is 10.5 Å². The van der Waals surface area contributed by atoms with E-state index in [9.17, 15) is 9.59 Å². The van der Waals surface area contributed by atoms with Gasteiger partial charge < -0.3 is 4.74 Å². The molecule has 0 amide bonds. The van der Waals surface area contributed by atoms with Crippen molar-refractivity contribution >= 4 is 22.3 Å². The number of rotatable bonds is 4. The van der Waals surface area contributed by atoms with Gasteiger partial charge in [-0.3, -0.25) is 18.9 Å². The number of piperidine rings is 1. The van der Waals surface area contributed by atoms with E-state index in [0.29, 0.717) is 13.2 Å². The average molecular weight is 335 g/mol. The predicted molar refractivity (Wildman–Crippen MR) is 88.7 cm³/mol. The minimum Gasteiger partial charge on any atom is -0.466 e. The first-order valence-corrected chi connectivity index (χ1v) is 8.82. The second-order valence-electron chi connectivity index (χ2n) is 5.88. The summed E-state index contributed by atoms with van der Waals surface area (Å²) in [6.45, 7) is 6.49. The van der Waals surface area contributed by atoms with E-state index in [4.69, 9.17) is 4.74 Å². The van der Waals surface area contributed by atoms with Crippen LogP contribution in [0.5, 0.6) is 0 Å². The number of hydrogen-bond donors (Lipinski definition) is 0. The highest BCUT2D eigenvalue weighted by Gasteiger charge is 2.26. The number of aromatic nitrogens is 2. The van der Waals surface area contributed by atoms with Crippen LogP contribution in [-0.4, -0.2) is 40.0 Å². The Morgan fingerprint density at radius 1 is 1.43 bits per heavy atom. The number of carbonyl (C=O) groups excluding carboxylic acids is 1. The number of aryl methyl sites for hydroxylation is 1. The van der Waals surface area contributed by atoms with Crippen molar-refractivity contribution in [1.29, 1.82) is 0 Å². The van der Waals surface area contributed by atoms with Gasteiger partial charge in [-0.05, 0) is 39.8 Å². The van der Waals surface area contributed by atoms with Gasteiger partial charge in [-0.1, -0.05) is 0 Å². The zero-order valence-corrected chi connectivity index (χ0v) is 14.3. The fraction of sp³-hybridized carbons (Fsp3) is 0.562. The maximum absolute atomic E-state index is 12.2. The molecule has 0 radical (unpaired) electrons. The average Bonchev–Trinajstić information content (AvgIpc) is 2.90. The minimum atomic E-state index is -0.0843. The number of carbonyl (C=O) groups is 1. The van der Waals surface area contributed by atoms with E-state index >= 15 is 0 Å². The van der Waals surface area contributed by atoms with Gasteiger partial charge >= 0.3 is 5.97 Å². The fourth-order valence-electron chi connectivity index (χ4n) is 3.00. The maximum Gasteiger partial charge on any atom is 0.309 e. The molecule has 6 nitrogen and oxygen atoms in total. The summed E-state index contributed by atoms with van der Waals surface area (Å²) in [6.07, 6.45) is 1.61. The van der Waals surface area contributed by atoms with Crippen molar-refractivity contribution < 1.29 is 9.53 Å². The Morgan fingerprint density at radius 2 is 2.17 bits per heavy atom. The highest BCUT2D eigenvalue weighted by atomic mass is 32.1. The zero-order valence-electron chi connectivity index (χ0n) is 13.4. The van der Waals surface area contributed by atoms with Gasteiger partial charge in [-0.15, -0.1) is 11.3 Å². The minimum absolute atomic E-state index is 0.00668. The molecule has 2 aromatic rings. The van der Waals surface area contributed by atoms with Gasteiger partial charge in [0.25, 0.3) is 5.56 Å². The Kier molecular flexibility index (Phi) is 4.77. The van der Waals surface area contributed by atoms with Crippen LogP contribution in [0.1, 0.15) is 31.2 Å². The Morgan fingerprint density at radius 3 is 2.87 bits per heavy atom. The van der Waals surface area contributed by atoms with Gasteiger partial charge in [0, 0.05) is 23.7 Å². The molecule has 0 spiro atoms. The lowest BCUT2D eigenvalue weighted by Crippen LogP contribution is -2.37. The highest BCUT2D eigenvalue weighted by molar-refractivity contribution is 7.15. The molecule has 0 aliphatic carbocycles. The molecular weight excluding hydrogens is 314 g/mol. The normalized spacial score (nSPS) is 16.8. The van der Waals surface area contributed by atoms with Crippen LogP contribution < -0.4 is 5.56 Å². The van der Waals surface area contributed by atoms with E-state index in [-0.39, 0.29) is 17.4 Å². The summed E-state index contributed by atoms with van der Waals surface area (Å²) in [5.41, 5.74) is 1.70. The zero-order chi connectivity index (χ0) is 16.4.